The molecule has 0 saturated heterocycles. The van der Waals surface area contributed by atoms with E-state index >= 15 is 0 Å². The van der Waals surface area contributed by atoms with Crippen molar-refractivity contribution >= 4 is 44.4 Å². The lowest BCUT2D eigenvalue weighted by Crippen LogP contribution is -2.13. The van der Waals surface area contributed by atoms with Crippen molar-refractivity contribution in [3.63, 3.8) is 0 Å². The van der Waals surface area contributed by atoms with Crippen LogP contribution in [0.25, 0.3) is 0 Å². The largest absolute Gasteiger partial charge is 0.280 e. The summed E-state index contributed by atoms with van der Waals surface area (Å²) in [6.45, 7) is 1.96. The van der Waals surface area contributed by atoms with Crippen LogP contribution in [0.2, 0.25) is 5.02 Å². The van der Waals surface area contributed by atoms with Crippen molar-refractivity contribution in [3.05, 3.63) is 94.5 Å². The molecule has 6 heteroatoms. The van der Waals surface area contributed by atoms with Gasteiger partial charge in [-0.2, -0.15) is 0 Å². The van der Waals surface area contributed by atoms with Gasteiger partial charge < -0.3 is 0 Å². The average molecular weight is 430 g/mol. The molecular weight excluding hydrogens is 410 g/mol. The van der Waals surface area contributed by atoms with Gasteiger partial charge in [0.1, 0.15) is 0 Å². The van der Waals surface area contributed by atoms with E-state index in [4.69, 9.17) is 23.8 Å². The molecule has 0 heterocycles. The summed E-state index contributed by atoms with van der Waals surface area (Å²) in [5.41, 5.74) is 3.62. The first-order chi connectivity index (χ1) is 13.3. The Morgan fingerprint density at radius 2 is 1.54 bits per heavy atom. The molecule has 0 fully saturated rings. The number of thiocarbonyl (C=S) groups is 1. The van der Waals surface area contributed by atoms with Crippen LogP contribution >= 0.6 is 23.8 Å². The molecule has 0 aliphatic carbocycles. The van der Waals surface area contributed by atoms with Crippen molar-refractivity contribution in [2.75, 3.05) is 4.72 Å². The third-order valence-corrected chi connectivity index (χ3v) is 6.39. The third-order valence-electron chi connectivity index (χ3n) is 4.30. The van der Waals surface area contributed by atoms with Gasteiger partial charge in [0.05, 0.1) is 4.90 Å². The molecule has 0 radical (unpaired) electrons. The Morgan fingerprint density at radius 3 is 2.18 bits per heavy atom. The number of hydrogen-bond acceptors (Lipinski definition) is 3. The van der Waals surface area contributed by atoms with Crippen molar-refractivity contribution in [2.24, 2.45) is 0 Å². The third kappa shape index (κ3) is 5.41. The summed E-state index contributed by atoms with van der Waals surface area (Å²) < 4.78 is 27.5. The second-order valence-corrected chi connectivity index (χ2v) is 9.26. The van der Waals surface area contributed by atoms with Gasteiger partial charge in [0.2, 0.25) is 0 Å². The molecule has 0 saturated carbocycles. The van der Waals surface area contributed by atoms with E-state index < -0.39 is 10.0 Å². The monoisotopic (exact) mass is 429 g/mol. The first kappa shape index (κ1) is 20.5. The van der Waals surface area contributed by atoms with Crippen LogP contribution in [0.15, 0.2) is 77.7 Å². The highest BCUT2D eigenvalue weighted by Gasteiger charge is 2.14. The van der Waals surface area contributed by atoms with Crippen LogP contribution in [-0.4, -0.2) is 13.3 Å². The summed E-state index contributed by atoms with van der Waals surface area (Å²) in [7, 11) is -3.61. The van der Waals surface area contributed by atoms with Crippen molar-refractivity contribution in [1.82, 2.24) is 0 Å². The van der Waals surface area contributed by atoms with Gasteiger partial charge in [-0.1, -0.05) is 66.3 Å². The fourth-order valence-electron chi connectivity index (χ4n) is 2.77. The molecule has 0 aromatic heterocycles. The lowest BCUT2D eigenvalue weighted by Gasteiger charge is -2.09. The van der Waals surface area contributed by atoms with E-state index in [9.17, 15) is 8.42 Å². The van der Waals surface area contributed by atoms with E-state index in [1.54, 1.807) is 48.5 Å². The number of rotatable bonds is 7. The molecule has 0 amide bonds. The highest BCUT2D eigenvalue weighted by Crippen LogP contribution is 2.19. The molecule has 3 aromatic rings. The average Bonchev–Trinajstić information content (AvgIpc) is 2.65. The van der Waals surface area contributed by atoms with Crippen molar-refractivity contribution in [3.8, 4) is 0 Å². The zero-order valence-corrected chi connectivity index (χ0v) is 17.7. The maximum atomic E-state index is 12.5. The highest BCUT2D eigenvalue weighted by molar-refractivity contribution is 7.92. The highest BCUT2D eigenvalue weighted by atomic mass is 35.5. The second kappa shape index (κ2) is 8.86. The lowest BCUT2D eigenvalue weighted by molar-refractivity contribution is 0.601. The Bertz CT molecular complexity index is 1080. The zero-order valence-electron chi connectivity index (χ0n) is 15.4. The minimum absolute atomic E-state index is 0.219. The summed E-state index contributed by atoms with van der Waals surface area (Å²) >= 11 is 11.7. The minimum atomic E-state index is -3.61. The molecule has 1 N–H and O–H groups in total. The van der Waals surface area contributed by atoms with E-state index in [-0.39, 0.29) is 4.90 Å². The van der Waals surface area contributed by atoms with Gasteiger partial charge in [-0.05, 0) is 53.9 Å². The normalized spacial score (nSPS) is 11.2. The first-order valence-electron chi connectivity index (χ1n) is 8.77. The summed E-state index contributed by atoms with van der Waals surface area (Å²) in [6.07, 6.45) is 1.26. The minimum Gasteiger partial charge on any atom is -0.280 e. The maximum absolute atomic E-state index is 12.5. The van der Waals surface area contributed by atoms with Crippen LogP contribution in [0.3, 0.4) is 0 Å². The quantitative estimate of drug-likeness (QED) is 0.497. The first-order valence-corrected chi connectivity index (χ1v) is 11.0. The Labute approximate surface area is 176 Å². The summed E-state index contributed by atoms with van der Waals surface area (Å²) in [4.78, 5) is 1.09. The fraction of sp³-hybridized carbons (Fsp3) is 0.136. The van der Waals surface area contributed by atoms with Gasteiger partial charge in [0.15, 0.2) is 0 Å². The maximum Gasteiger partial charge on any atom is 0.261 e. The second-order valence-electron chi connectivity index (χ2n) is 6.59. The number of para-hydroxylation sites is 1. The number of sulfonamides is 1. The van der Waals surface area contributed by atoms with E-state index in [1.165, 1.54) is 0 Å². The standard InChI is InChI=1S/C22H20ClNO2S2/c1-16-7-8-18(15-22(16)23)14-20(27)13-17-9-11-21(12-10-17)28(25,26)24-19-5-3-2-4-6-19/h2-12,15,24H,13-14H2,1H3. The van der Waals surface area contributed by atoms with E-state index in [0.717, 1.165) is 26.6 Å². The van der Waals surface area contributed by atoms with E-state index in [0.29, 0.717) is 18.5 Å². The van der Waals surface area contributed by atoms with Crippen LogP contribution in [0.5, 0.6) is 0 Å². The van der Waals surface area contributed by atoms with Gasteiger partial charge in [-0.25, -0.2) is 8.42 Å². The molecule has 0 aliphatic heterocycles. The predicted octanol–water partition coefficient (Wildman–Crippen LogP) is 5.60. The van der Waals surface area contributed by atoms with Crippen LogP contribution in [-0.2, 0) is 22.9 Å². The number of hydrogen-bond donors (Lipinski definition) is 1. The Morgan fingerprint density at radius 1 is 0.929 bits per heavy atom. The lowest BCUT2D eigenvalue weighted by atomic mass is 10.0. The summed E-state index contributed by atoms with van der Waals surface area (Å²) in [5.74, 6) is 0. The van der Waals surface area contributed by atoms with Crippen LogP contribution < -0.4 is 4.72 Å². The molecule has 0 bridgehead atoms. The Balaban J connectivity index is 1.65. The van der Waals surface area contributed by atoms with Crippen LogP contribution in [0.1, 0.15) is 16.7 Å². The van der Waals surface area contributed by atoms with Gasteiger partial charge in [-0.3, -0.25) is 4.72 Å². The Kier molecular flexibility index (Phi) is 6.50. The summed E-state index contributed by atoms with van der Waals surface area (Å²) in [5, 5.41) is 0.737. The topological polar surface area (TPSA) is 46.2 Å². The molecule has 0 spiro atoms. The van der Waals surface area contributed by atoms with Gasteiger partial charge in [-0.15, -0.1) is 0 Å². The summed E-state index contributed by atoms with van der Waals surface area (Å²) in [6, 6.07) is 21.6. The molecule has 3 aromatic carbocycles. The smallest absolute Gasteiger partial charge is 0.261 e. The number of benzene rings is 3. The number of halogens is 1. The number of aryl methyl sites for hydroxylation is 1. The molecule has 0 aliphatic rings. The zero-order chi connectivity index (χ0) is 20.1. The van der Waals surface area contributed by atoms with Gasteiger partial charge in [0.25, 0.3) is 10.0 Å². The van der Waals surface area contributed by atoms with Crippen LogP contribution in [0, 0.1) is 6.92 Å². The van der Waals surface area contributed by atoms with Crippen LogP contribution in [0.4, 0.5) is 5.69 Å². The molecule has 3 nitrogen and oxygen atoms in total. The van der Waals surface area contributed by atoms with E-state index in [2.05, 4.69) is 4.72 Å². The predicted molar refractivity (Wildman–Crippen MR) is 120 cm³/mol. The molecular formula is C22H20ClNO2S2. The fourth-order valence-corrected chi connectivity index (χ4v) is 4.37. The molecule has 28 heavy (non-hydrogen) atoms. The number of anilines is 1. The van der Waals surface area contributed by atoms with Crippen molar-refractivity contribution < 1.29 is 8.42 Å². The van der Waals surface area contributed by atoms with Gasteiger partial charge in [0, 0.05) is 28.4 Å². The van der Waals surface area contributed by atoms with Crippen molar-refractivity contribution in [2.45, 2.75) is 24.7 Å². The number of nitrogens with one attached hydrogen (secondary N) is 1. The SMILES string of the molecule is Cc1ccc(CC(=S)Cc2ccc(S(=O)(=O)Nc3ccccc3)cc2)cc1Cl. The molecule has 0 atom stereocenters. The van der Waals surface area contributed by atoms with E-state index in [1.807, 2.05) is 31.2 Å². The molecule has 0 unspecified atom stereocenters. The molecule has 3 rings (SSSR count). The van der Waals surface area contributed by atoms with Crippen molar-refractivity contribution in [1.29, 1.82) is 0 Å². The Hall–Kier alpha value is -2.21. The molecule has 144 valence electrons. The van der Waals surface area contributed by atoms with Gasteiger partial charge >= 0.3 is 0 Å².